The van der Waals surface area contributed by atoms with Crippen LogP contribution in [0, 0.1) is 6.92 Å². The first-order chi connectivity index (χ1) is 15.0. The summed E-state index contributed by atoms with van der Waals surface area (Å²) in [7, 11) is 2.81. The lowest BCUT2D eigenvalue weighted by Crippen LogP contribution is -2.22. The maximum Gasteiger partial charge on any atom is 0.341 e. The molecule has 0 unspecified atom stereocenters. The molecule has 0 fully saturated rings. The van der Waals surface area contributed by atoms with E-state index in [0.29, 0.717) is 16.2 Å². The van der Waals surface area contributed by atoms with Crippen molar-refractivity contribution < 1.29 is 19.1 Å². The Hall–Kier alpha value is -3.65. The predicted octanol–water partition coefficient (Wildman–Crippen LogP) is 4.12. The fourth-order valence-electron chi connectivity index (χ4n) is 3.31. The van der Waals surface area contributed by atoms with Crippen LogP contribution >= 0.6 is 11.3 Å². The monoisotopic (exact) mass is 435 g/mol. The maximum atomic E-state index is 12.8. The van der Waals surface area contributed by atoms with E-state index >= 15 is 0 Å². The molecule has 4 aromatic rings. The van der Waals surface area contributed by atoms with Crippen molar-refractivity contribution in [1.82, 2.24) is 15.1 Å². The highest BCUT2D eigenvalue weighted by Gasteiger charge is 2.18. The van der Waals surface area contributed by atoms with Crippen molar-refractivity contribution in [2.45, 2.75) is 13.5 Å². The van der Waals surface area contributed by atoms with Gasteiger partial charge in [0.05, 0.1) is 30.5 Å². The number of methoxy groups -OCH3 is 2. The van der Waals surface area contributed by atoms with Crippen LogP contribution in [-0.2, 0) is 11.3 Å². The molecule has 4 rings (SSSR count). The second-order valence-electron chi connectivity index (χ2n) is 6.87. The Morgan fingerprint density at radius 1 is 1.10 bits per heavy atom. The van der Waals surface area contributed by atoms with E-state index in [2.05, 4.69) is 10.4 Å². The zero-order valence-electron chi connectivity index (χ0n) is 17.3. The van der Waals surface area contributed by atoms with Gasteiger partial charge in [0.15, 0.2) is 0 Å². The molecular weight excluding hydrogens is 414 g/mol. The molecule has 2 aromatic carbocycles. The predicted molar refractivity (Wildman–Crippen MR) is 119 cm³/mol. The Balaban J connectivity index is 1.55. The smallest absolute Gasteiger partial charge is 0.341 e. The van der Waals surface area contributed by atoms with Gasteiger partial charge in [-0.1, -0.05) is 24.3 Å². The van der Waals surface area contributed by atoms with E-state index in [0.717, 1.165) is 27.2 Å². The highest BCUT2D eigenvalue weighted by Crippen LogP contribution is 2.30. The Labute approximate surface area is 183 Å². The van der Waals surface area contributed by atoms with Crippen LogP contribution in [0.4, 0.5) is 0 Å². The van der Waals surface area contributed by atoms with Crippen LogP contribution in [-0.4, -0.2) is 35.9 Å². The van der Waals surface area contributed by atoms with Crippen LogP contribution in [0.3, 0.4) is 0 Å². The number of carbonyl (C=O) groups is 2. The highest BCUT2D eigenvalue weighted by molar-refractivity contribution is 7.20. The molecule has 0 spiro atoms. The molecule has 0 aliphatic carbocycles. The molecule has 0 bridgehead atoms. The zero-order valence-corrected chi connectivity index (χ0v) is 18.2. The Kier molecular flexibility index (Phi) is 5.73. The summed E-state index contributed by atoms with van der Waals surface area (Å²) in [6, 6.07) is 16.8. The van der Waals surface area contributed by atoms with Crippen LogP contribution in [0.1, 0.15) is 31.3 Å². The quantitative estimate of drug-likeness (QED) is 0.461. The number of hydrogen-bond acceptors (Lipinski definition) is 6. The number of nitrogens with zero attached hydrogens (tertiary/aromatic N) is 2. The first-order valence-electron chi connectivity index (χ1n) is 9.60. The minimum absolute atomic E-state index is 0.185. The van der Waals surface area contributed by atoms with Gasteiger partial charge in [-0.15, -0.1) is 11.3 Å². The summed E-state index contributed by atoms with van der Waals surface area (Å²) in [6.45, 7) is 2.20. The molecule has 7 nitrogen and oxygen atoms in total. The van der Waals surface area contributed by atoms with Crippen LogP contribution in [0.2, 0.25) is 0 Å². The van der Waals surface area contributed by atoms with E-state index in [1.165, 1.54) is 25.6 Å². The van der Waals surface area contributed by atoms with Gasteiger partial charge in [-0.2, -0.15) is 5.10 Å². The summed E-state index contributed by atoms with van der Waals surface area (Å²) in [4.78, 5) is 26.3. The van der Waals surface area contributed by atoms with Gasteiger partial charge in [0.2, 0.25) is 0 Å². The molecule has 0 radical (unpaired) electrons. The van der Waals surface area contributed by atoms with Gasteiger partial charge in [0, 0.05) is 11.9 Å². The van der Waals surface area contributed by atoms with Crippen molar-refractivity contribution in [1.29, 1.82) is 0 Å². The van der Waals surface area contributed by atoms with E-state index in [9.17, 15) is 9.59 Å². The minimum atomic E-state index is -0.490. The van der Waals surface area contributed by atoms with Gasteiger partial charge in [-0.05, 0) is 42.8 Å². The average molecular weight is 436 g/mol. The summed E-state index contributed by atoms with van der Waals surface area (Å²) in [5.41, 5.74) is 2.90. The van der Waals surface area contributed by atoms with Gasteiger partial charge < -0.3 is 14.8 Å². The summed E-state index contributed by atoms with van der Waals surface area (Å²) in [5, 5.41) is 8.47. The van der Waals surface area contributed by atoms with Gasteiger partial charge in [0.1, 0.15) is 16.1 Å². The highest BCUT2D eigenvalue weighted by atomic mass is 32.1. The topological polar surface area (TPSA) is 82.5 Å². The molecule has 0 aliphatic rings. The third kappa shape index (κ3) is 4.02. The Morgan fingerprint density at radius 2 is 1.87 bits per heavy atom. The summed E-state index contributed by atoms with van der Waals surface area (Å²) in [6.07, 6.45) is 0. The number of ether oxygens (including phenoxy) is 2. The molecule has 31 heavy (non-hydrogen) atoms. The SMILES string of the molecule is COC(=O)c1cc(CNC(=O)c2cc3c(C)nn(-c4ccccc4)c3s2)ccc1OC. The number of nitrogens with one attached hydrogen (secondary N) is 1. The first-order valence-corrected chi connectivity index (χ1v) is 10.4. The maximum absolute atomic E-state index is 12.8. The van der Waals surface area contributed by atoms with E-state index < -0.39 is 5.97 Å². The number of thiophene rings is 1. The van der Waals surface area contributed by atoms with E-state index in [4.69, 9.17) is 9.47 Å². The van der Waals surface area contributed by atoms with Gasteiger partial charge in [-0.25, -0.2) is 9.48 Å². The number of esters is 1. The van der Waals surface area contributed by atoms with Crippen LogP contribution in [0.25, 0.3) is 15.9 Å². The molecule has 158 valence electrons. The minimum Gasteiger partial charge on any atom is -0.496 e. The normalized spacial score (nSPS) is 10.8. The first kappa shape index (κ1) is 20.6. The van der Waals surface area contributed by atoms with Crippen LogP contribution < -0.4 is 10.1 Å². The summed E-state index contributed by atoms with van der Waals surface area (Å²) in [5.74, 6) is -0.251. The van der Waals surface area contributed by atoms with Crippen molar-refractivity contribution >= 4 is 33.4 Å². The van der Waals surface area contributed by atoms with Crippen molar-refractivity contribution in [2.75, 3.05) is 14.2 Å². The lowest BCUT2D eigenvalue weighted by atomic mass is 10.1. The van der Waals surface area contributed by atoms with Crippen LogP contribution in [0.15, 0.2) is 54.6 Å². The van der Waals surface area contributed by atoms with Crippen LogP contribution in [0.5, 0.6) is 5.75 Å². The molecule has 8 heteroatoms. The summed E-state index contributed by atoms with van der Waals surface area (Å²) >= 11 is 1.39. The number of aromatic nitrogens is 2. The second kappa shape index (κ2) is 8.61. The van der Waals surface area contributed by atoms with Crippen molar-refractivity contribution in [3.63, 3.8) is 0 Å². The largest absolute Gasteiger partial charge is 0.496 e. The van der Waals surface area contributed by atoms with E-state index in [-0.39, 0.29) is 12.5 Å². The third-order valence-corrected chi connectivity index (χ3v) is 6.00. The second-order valence-corrected chi connectivity index (χ2v) is 7.90. The van der Waals surface area contributed by atoms with E-state index in [1.54, 1.807) is 18.2 Å². The van der Waals surface area contributed by atoms with Gasteiger partial charge in [-0.3, -0.25) is 4.79 Å². The van der Waals surface area contributed by atoms with Crippen molar-refractivity contribution in [3.8, 4) is 11.4 Å². The molecule has 1 N–H and O–H groups in total. The fourth-order valence-corrected chi connectivity index (χ4v) is 4.41. The summed E-state index contributed by atoms with van der Waals surface area (Å²) < 4.78 is 11.9. The molecule has 2 heterocycles. The molecule has 1 amide bonds. The van der Waals surface area contributed by atoms with Gasteiger partial charge in [0.25, 0.3) is 5.91 Å². The molecular formula is C23H21N3O4S. The molecule has 2 aromatic heterocycles. The lowest BCUT2D eigenvalue weighted by Gasteiger charge is -2.10. The number of fused-ring (bicyclic) bond motifs is 1. The number of hydrogen-bond donors (Lipinski definition) is 1. The number of benzene rings is 2. The number of para-hydroxylation sites is 1. The third-order valence-electron chi connectivity index (χ3n) is 4.89. The lowest BCUT2D eigenvalue weighted by molar-refractivity contribution is 0.0597. The number of rotatable bonds is 6. The molecule has 0 saturated heterocycles. The molecule has 0 atom stereocenters. The zero-order chi connectivity index (χ0) is 22.0. The number of amides is 1. The fraction of sp³-hybridized carbons (Fsp3) is 0.174. The molecule has 0 saturated carbocycles. The van der Waals surface area contributed by atoms with Crippen molar-refractivity contribution in [2.24, 2.45) is 0 Å². The number of aryl methyl sites for hydroxylation is 1. The average Bonchev–Trinajstić information content (AvgIpc) is 3.38. The van der Waals surface area contributed by atoms with E-state index in [1.807, 2.05) is 48.0 Å². The Morgan fingerprint density at radius 3 is 2.58 bits per heavy atom. The molecule has 0 aliphatic heterocycles. The number of carbonyl (C=O) groups excluding carboxylic acids is 2. The standard InChI is InChI=1S/C23H21N3O4S/c1-14-17-12-20(31-22(17)26(25-14)16-7-5-4-6-8-16)21(27)24-13-15-9-10-19(29-2)18(11-15)23(28)30-3/h4-12H,13H2,1-3H3,(H,24,27). The van der Waals surface area contributed by atoms with Gasteiger partial charge >= 0.3 is 5.97 Å². The van der Waals surface area contributed by atoms with Crippen molar-refractivity contribution in [3.05, 3.63) is 76.3 Å². The Bertz CT molecular complexity index is 1260.